The summed E-state index contributed by atoms with van der Waals surface area (Å²) in [5.41, 5.74) is 3.98. The second-order valence-corrected chi connectivity index (χ2v) is 8.48. The molecular weight excluding hydrogens is 251 g/mol. The average molecular weight is 284 g/mol. The van der Waals surface area contributed by atoms with Gasteiger partial charge in [-0.05, 0) is 49.9 Å². The van der Waals surface area contributed by atoms with Crippen LogP contribution in [-0.4, -0.2) is 6.71 Å². The van der Waals surface area contributed by atoms with Gasteiger partial charge < -0.3 is 0 Å². The summed E-state index contributed by atoms with van der Waals surface area (Å²) in [7, 11) is 0. The minimum absolute atomic E-state index is 0.437. The molecule has 0 radical (unpaired) electrons. The van der Waals surface area contributed by atoms with Gasteiger partial charge in [0, 0.05) is 0 Å². The van der Waals surface area contributed by atoms with E-state index in [1.54, 1.807) is 5.57 Å². The van der Waals surface area contributed by atoms with E-state index in [0.717, 1.165) is 13.1 Å². The van der Waals surface area contributed by atoms with Crippen LogP contribution < -0.4 is 0 Å². The van der Waals surface area contributed by atoms with Crippen molar-refractivity contribution in [3.63, 3.8) is 0 Å². The first-order valence-corrected chi connectivity index (χ1v) is 8.86. The zero-order chi connectivity index (χ0) is 15.5. The monoisotopic (exact) mass is 284 g/mol. The van der Waals surface area contributed by atoms with Gasteiger partial charge in [0.2, 0.25) is 0 Å². The maximum Gasteiger partial charge on any atom is 0.167 e. The van der Waals surface area contributed by atoms with Crippen LogP contribution in [0.25, 0.3) is 0 Å². The highest BCUT2D eigenvalue weighted by atomic mass is 14.4. The Hall–Kier alpha value is -0.715. The van der Waals surface area contributed by atoms with E-state index in [9.17, 15) is 0 Å². The number of unbranched alkanes of at least 4 members (excludes halogenated alkanes) is 1. The molecule has 0 nitrogen and oxygen atoms in total. The molecule has 1 aliphatic heterocycles. The predicted octanol–water partition coefficient (Wildman–Crippen LogP) is 6.48. The van der Waals surface area contributed by atoms with Gasteiger partial charge in [-0.15, -0.1) is 5.98 Å². The van der Waals surface area contributed by atoms with Crippen molar-refractivity contribution in [3.8, 4) is 0 Å². The Morgan fingerprint density at radius 3 is 2.76 bits per heavy atom. The molecule has 0 aromatic heterocycles. The fraction of sp³-hybridized carbons (Fsp3) is 0.700. The van der Waals surface area contributed by atoms with Crippen LogP contribution in [0.2, 0.25) is 12.6 Å². The molecular formula is C20H33B. The summed E-state index contributed by atoms with van der Waals surface area (Å²) in [5, 5.41) is 0. The minimum atomic E-state index is 0.437. The molecule has 2 bridgehead atoms. The van der Waals surface area contributed by atoms with Gasteiger partial charge in [0.25, 0.3) is 0 Å². The maximum absolute atomic E-state index is 4.00. The SMILES string of the molecule is C=C(C)C/C=C\B1CC2(C)C=C(CCCC)CC(C)(C1)C2. The van der Waals surface area contributed by atoms with E-state index in [1.807, 2.05) is 0 Å². The van der Waals surface area contributed by atoms with Gasteiger partial charge in [-0.2, -0.15) is 0 Å². The number of hydrogen-bond acceptors (Lipinski definition) is 0. The van der Waals surface area contributed by atoms with Crippen LogP contribution in [-0.2, 0) is 0 Å². The molecule has 116 valence electrons. The van der Waals surface area contributed by atoms with Gasteiger partial charge in [-0.3, -0.25) is 0 Å². The largest absolute Gasteiger partial charge is 0.167 e. The van der Waals surface area contributed by atoms with Crippen LogP contribution in [0.3, 0.4) is 0 Å². The molecule has 0 spiro atoms. The van der Waals surface area contributed by atoms with Gasteiger partial charge in [-0.1, -0.05) is 69.7 Å². The topological polar surface area (TPSA) is 0 Å². The lowest BCUT2D eigenvalue weighted by Crippen LogP contribution is -2.42. The number of hydrogen-bond donors (Lipinski definition) is 0. The third-order valence-electron chi connectivity index (χ3n) is 5.25. The molecule has 1 heterocycles. The lowest BCUT2D eigenvalue weighted by atomic mass is 9.31. The number of allylic oxidation sites excluding steroid dienone is 4. The quantitative estimate of drug-likeness (QED) is 0.387. The van der Waals surface area contributed by atoms with Crippen molar-refractivity contribution in [2.45, 2.75) is 78.9 Å². The highest BCUT2D eigenvalue weighted by Crippen LogP contribution is 2.55. The van der Waals surface area contributed by atoms with Gasteiger partial charge in [0.15, 0.2) is 6.71 Å². The van der Waals surface area contributed by atoms with Crippen LogP contribution in [0.4, 0.5) is 0 Å². The molecule has 2 rings (SSSR count). The average Bonchev–Trinajstić information content (AvgIpc) is 2.32. The van der Waals surface area contributed by atoms with Crippen LogP contribution in [0, 0.1) is 10.8 Å². The van der Waals surface area contributed by atoms with Crippen LogP contribution >= 0.6 is 0 Å². The van der Waals surface area contributed by atoms with E-state index in [4.69, 9.17) is 0 Å². The Balaban J connectivity index is 2.08. The highest BCUT2D eigenvalue weighted by molar-refractivity contribution is 6.64. The summed E-state index contributed by atoms with van der Waals surface area (Å²) in [4.78, 5) is 0. The Bertz CT molecular complexity index is 445. The molecule has 1 aliphatic carbocycles. The molecule has 0 amide bonds. The molecule has 2 unspecified atom stereocenters. The standard InChI is InChI=1S/C20H33B/c1-6-7-10-18-12-19(4)14-20(5,13-18)16-21(15-19)11-8-9-17(2)3/h8,11-12H,2,6-7,9-10,13-16H2,1,3-5H3/b11-8-. The van der Waals surface area contributed by atoms with Gasteiger partial charge >= 0.3 is 0 Å². The molecule has 1 saturated heterocycles. The Morgan fingerprint density at radius 2 is 2.14 bits per heavy atom. The van der Waals surface area contributed by atoms with Crippen molar-refractivity contribution in [2.24, 2.45) is 10.8 Å². The van der Waals surface area contributed by atoms with E-state index in [-0.39, 0.29) is 0 Å². The Kier molecular flexibility index (Phi) is 5.22. The molecule has 2 aliphatic rings. The molecule has 0 aromatic rings. The molecule has 0 aromatic carbocycles. The van der Waals surface area contributed by atoms with Crippen molar-refractivity contribution >= 4 is 6.71 Å². The number of rotatable bonds is 6. The summed E-state index contributed by atoms with van der Waals surface area (Å²) in [5.74, 6) is 2.48. The van der Waals surface area contributed by atoms with E-state index >= 15 is 0 Å². The Labute approximate surface area is 132 Å². The fourth-order valence-electron chi connectivity index (χ4n) is 4.92. The zero-order valence-corrected chi connectivity index (χ0v) is 14.7. The minimum Gasteiger partial charge on any atom is -0.119 e. The summed E-state index contributed by atoms with van der Waals surface area (Å²) in [6, 6.07) is 0. The van der Waals surface area contributed by atoms with E-state index < -0.39 is 0 Å². The molecule has 1 heteroatoms. The first kappa shape index (κ1) is 16.7. The van der Waals surface area contributed by atoms with E-state index in [1.165, 1.54) is 50.3 Å². The number of fused-ring (bicyclic) bond motifs is 2. The summed E-state index contributed by atoms with van der Waals surface area (Å²) >= 11 is 0. The third-order valence-corrected chi connectivity index (χ3v) is 5.25. The van der Waals surface area contributed by atoms with E-state index in [0.29, 0.717) is 10.8 Å². The van der Waals surface area contributed by atoms with Gasteiger partial charge in [0.05, 0.1) is 0 Å². The molecule has 1 fully saturated rings. The van der Waals surface area contributed by atoms with Gasteiger partial charge in [-0.25, -0.2) is 0 Å². The first-order valence-electron chi connectivity index (χ1n) is 8.86. The molecule has 2 atom stereocenters. The van der Waals surface area contributed by atoms with Gasteiger partial charge in [0.1, 0.15) is 0 Å². The fourth-order valence-corrected chi connectivity index (χ4v) is 4.92. The molecule has 0 saturated carbocycles. The smallest absolute Gasteiger partial charge is 0.119 e. The Morgan fingerprint density at radius 1 is 1.38 bits per heavy atom. The lowest BCUT2D eigenvalue weighted by molar-refractivity contribution is 0.193. The predicted molar refractivity (Wildman–Crippen MR) is 97.0 cm³/mol. The van der Waals surface area contributed by atoms with Crippen molar-refractivity contribution in [1.82, 2.24) is 0 Å². The second-order valence-electron chi connectivity index (χ2n) is 8.48. The van der Waals surface area contributed by atoms with Crippen LogP contribution in [0.15, 0.2) is 35.9 Å². The van der Waals surface area contributed by atoms with E-state index in [2.05, 4.69) is 52.4 Å². The maximum atomic E-state index is 4.00. The van der Waals surface area contributed by atoms with Crippen molar-refractivity contribution in [1.29, 1.82) is 0 Å². The molecule has 0 N–H and O–H groups in total. The highest BCUT2D eigenvalue weighted by Gasteiger charge is 2.45. The second kappa shape index (κ2) is 6.59. The first-order chi connectivity index (χ1) is 9.84. The van der Waals surface area contributed by atoms with Crippen molar-refractivity contribution in [3.05, 3.63) is 35.9 Å². The lowest BCUT2D eigenvalue weighted by Gasteiger charge is -2.50. The van der Waals surface area contributed by atoms with Crippen LogP contribution in [0.1, 0.15) is 66.2 Å². The van der Waals surface area contributed by atoms with Crippen molar-refractivity contribution < 1.29 is 0 Å². The summed E-state index contributed by atoms with van der Waals surface area (Å²) in [6.07, 6.45) is 15.5. The molecule has 21 heavy (non-hydrogen) atoms. The zero-order valence-electron chi connectivity index (χ0n) is 14.7. The summed E-state index contributed by atoms with van der Waals surface area (Å²) < 4.78 is 0. The van der Waals surface area contributed by atoms with Crippen LogP contribution in [0.5, 0.6) is 0 Å². The normalized spacial score (nSPS) is 32.4. The third kappa shape index (κ3) is 4.63. The summed E-state index contributed by atoms with van der Waals surface area (Å²) in [6.45, 7) is 14.2. The van der Waals surface area contributed by atoms with Crippen molar-refractivity contribution in [2.75, 3.05) is 0 Å².